The highest BCUT2D eigenvalue weighted by Gasteiger charge is 2.04. The number of imidazole rings is 1. The fraction of sp³-hybridized carbons (Fsp3) is 0. The Labute approximate surface area is 73.4 Å². The molecule has 0 radical (unpaired) electrons. The molecule has 0 atom stereocenters. The summed E-state index contributed by atoms with van der Waals surface area (Å²) in [5, 5.41) is 1.99. The van der Waals surface area contributed by atoms with Gasteiger partial charge in [0, 0.05) is 0 Å². The van der Waals surface area contributed by atoms with Crippen molar-refractivity contribution in [2.45, 2.75) is 0 Å². The van der Waals surface area contributed by atoms with Crippen molar-refractivity contribution in [3.63, 3.8) is 0 Å². The number of nitrogen functional groups attached to an aromatic ring is 2. The molecular weight excluding hydrogens is 172 g/mol. The van der Waals surface area contributed by atoms with Crippen molar-refractivity contribution in [2.75, 3.05) is 11.6 Å². The van der Waals surface area contributed by atoms with Crippen LogP contribution in [-0.4, -0.2) is 9.66 Å². The van der Waals surface area contributed by atoms with Crippen molar-refractivity contribution < 1.29 is 0 Å². The van der Waals surface area contributed by atoms with E-state index in [4.69, 9.17) is 11.6 Å². The molecule has 0 saturated carbocycles. The lowest BCUT2D eigenvalue weighted by Crippen LogP contribution is -2.09. The van der Waals surface area contributed by atoms with Crippen LogP contribution in [0.25, 0.3) is 10.6 Å². The molecule has 4 N–H and O–H groups in total. The van der Waals surface area contributed by atoms with E-state index in [1.54, 1.807) is 17.5 Å². The van der Waals surface area contributed by atoms with E-state index in [0.717, 1.165) is 10.6 Å². The van der Waals surface area contributed by atoms with Crippen LogP contribution in [0.4, 0.5) is 5.95 Å². The molecule has 0 unspecified atom stereocenters. The Balaban J connectivity index is 2.48. The van der Waals surface area contributed by atoms with Gasteiger partial charge in [-0.3, -0.25) is 0 Å². The molecule has 12 heavy (non-hydrogen) atoms. The van der Waals surface area contributed by atoms with Crippen molar-refractivity contribution in [2.24, 2.45) is 0 Å². The second-order valence-corrected chi connectivity index (χ2v) is 3.32. The van der Waals surface area contributed by atoms with Gasteiger partial charge in [0.05, 0.1) is 11.1 Å². The molecule has 2 aromatic heterocycles. The van der Waals surface area contributed by atoms with E-state index >= 15 is 0 Å². The Bertz CT molecular complexity index is 357. The van der Waals surface area contributed by atoms with E-state index in [9.17, 15) is 0 Å². The molecule has 2 heterocycles. The number of anilines is 1. The molecule has 0 aromatic carbocycles. The molecule has 0 aliphatic rings. The van der Waals surface area contributed by atoms with Crippen LogP contribution in [0.15, 0.2) is 23.7 Å². The zero-order valence-electron chi connectivity index (χ0n) is 6.27. The number of hydrogen-bond acceptors (Lipinski definition) is 4. The summed E-state index contributed by atoms with van der Waals surface area (Å²) in [5.74, 6) is 5.81. The van der Waals surface area contributed by atoms with Gasteiger partial charge in [0.15, 0.2) is 0 Å². The second-order valence-electron chi connectivity index (χ2n) is 2.37. The molecule has 0 bridgehead atoms. The van der Waals surface area contributed by atoms with E-state index in [1.165, 1.54) is 4.68 Å². The van der Waals surface area contributed by atoms with Crippen LogP contribution in [0, 0.1) is 0 Å². The van der Waals surface area contributed by atoms with Gasteiger partial charge in [-0.25, -0.2) is 9.66 Å². The zero-order valence-corrected chi connectivity index (χ0v) is 7.08. The monoisotopic (exact) mass is 180 g/mol. The van der Waals surface area contributed by atoms with Gasteiger partial charge >= 0.3 is 0 Å². The van der Waals surface area contributed by atoms with Gasteiger partial charge in [0.25, 0.3) is 0 Å². The fourth-order valence-electron chi connectivity index (χ4n) is 0.951. The molecular formula is C7H8N4S. The SMILES string of the molecule is Nc1nc(-c2cccs2)cn1N. The zero-order chi connectivity index (χ0) is 8.55. The van der Waals surface area contributed by atoms with Crippen molar-refractivity contribution in [1.82, 2.24) is 9.66 Å². The fourth-order valence-corrected chi connectivity index (χ4v) is 1.63. The largest absolute Gasteiger partial charge is 0.368 e. The first kappa shape index (κ1) is 7.17. The van der Waals surface area contributed by atoms with Crippen LogP contribution < -0.4 is 11.6 Å². The lowest BCUT2D eigenvalue weighted by molar-refractivity contribution is 1.02. The highest BCUT2D eigenvalue weighted by atomic mass is 32.1. The van der Waals surface area contributed by atoms with E-state index < -0.39 is 0 Å². The highest BCUT2D eigenvalue weighted by molar-refractivity contribution is 7.13. The van der Waals surface area contributed by atoms with Crippen molar-refractivity contribution in [1.29, 1.82) is 0 Å². The number of hydrogen-bond donors (Lipinski definition) is 2. The summed E-state index contributed by atoms with van der Waals surface area (Å²) >= 11 is 1.61. The number of aromatic nitrogens is 2. The molecule has 2 rings (SSSR count). The maximum absolute atomic E-state index is 5.48. The first-order chi connectivity index (χ1) is 5.77. The average Bonchev–Trinajstić information content (AvgIpc) is 2.61. The third-order valence-electron chi connectivity index (χ3n) is 1.53. The average molecular weight is 180 g/mol. The van der Waals surface area contributed by atoms with Gasteiger partial charge in [-0.15, -0.1) is 11.3 Å². The van der Waals surface area contributed by atoms with Crippen LogP contribution >= 0.6 is 11.3 Å². The van der Waals surface area contributed by atoms with Gasteiger partial charge in [-0.1, -0.05) is 6.07 Å². The smallest absolute Gasteiger partial charge is 0.219 e. The number of nitrogens with zero attached hydrogens (tertiary/aromatic N) is 2. The van der Waals surface area contributed by atoms with Gasteiger partial charge in [0.2, 0.25) is 5.95 Å². The van der Waals surface area contributed by atoms with Crippen LogP contribution in [0.1, 0.15) is 0 Å². The van der Waals surface area contributed by atoms with E-state index in [-0.39, 0.29) is 0 Å². The minimum Gasteiger partial charge on any atom is -0.368 e. The van der Waals surface area contributed by atoms with Gasteiger partial charge in [-0.2, -0.15) is 0 Å². The summed E-state index contributed by atoms with van der Waals surface area (Å²) in [6, 6.07) is 3.94. The van der Waals surface area contributed by atoms with Crippen LogP contribution in [0.3, 0.4) is 0 Å². The summed E-state index contributed by atoms with van der Waals surface area (Å²) in [7, 11) is 0. The van der Waals surface area contributed by atoms with Crippen molar-refractivity contribution >= 4 is 17.3 Å². The number of rotatable bonds is 1. The lowest BCUT2D eigenvalue weighted by Gasteiger charge is -1.88. The molecule has 2 aromatic rings. The third-order valence-corrected chi connectivity index (χ3v) is 2.43. The maximum atomic E-state index is 5.48. The Morgan fingerprint density at radius 2 is 2.33 bits per heavy atom. The summed E-state index contributed by atoms with van der Waals surface area (Å²) in [5.41, 5.74) is 6.30. The maximum Gasteiger partial charge on any atom is 0.219 e. The predicted octanol–water partition coefficient (Wildman–Crippen LogP) is 0.908. The molecule has 62 valence electrons. The molecule has 0 fully saturated rings. The topological polar surface area (TPSA) is 69.9 Å². The van der Waals surface area contributed by atoms with Crippen LogP contribution in [0.5, 0.6) is 0 Å². The van der Waals surface area contributed by atoms with E-state index in [0.29, 0.717) is 5.95 Å². The molecule has 0 aliphatic carbocycles. The Hall–Kier alpha value is -1.49. The van der Waals surface area contributed by atoms with Crippen LogP contribution in [0.2, 0.25) is 0 Å². The third kappa shape index (κ3) is 1.04. The predicted molar refractivity (Wildman–Crippen MR) is 50.1 cm³/mol. The number of thiophene rings is 1. The van der Waals surface area contributed by atoms with E-state index in [2.05, 4.69) is 4.98 Å². The number of nitrogens with two attached hydrogens (primary N) is 2. The van der Waals surface area contributed by atoms with Gasteiger partial charge < -0.3 is 11.6 Å². The Kier molecular flexibility index (Phi) is 1.51. The minimum atomic E-state index is 0.332. The highest BCUT2D eigenvalue weighted by Crippen LogP contribution is 2.23. The molecule has 5 heteroatoms. The molecule has 0 aliphatic heterocycles. The van der Waals surface area contributed by atoms with E-state index in [1.807, 2.05) is 17.5 Å². The van der Waals surface area contributed by atoms with Gasteiger partial charge in [-0.05, 0) is 11.4 Å². The summed E-state index contributed by atoms with van der Waals surface area (Å²) in [6.45, 7) is 0. The normalized spacial score (nSPS) is 10.3. The Morgan fingerprint density at radius 1 is 1.50 bits per heavy atom. The first-order valence-corrected chi connectivity index (χ1v) is 4.29. The van der Waals surface area contributed by atoms with Crippen molar-refractivity contribution in [3.05, 3.63) is 23.7 Å². The van der Waals surface area contributed by atoms with Crippen molar-refractivity contribution in [3.8, 4) is 10.6 Å². The quantitative estimate of drug-likeness (QED) is 0.641. The van der Waals surface area contributed by atoms with Crippen LogP contribution in [-0.2, 0) is 0 Å². The summed E-state index contributed by atoms with van der Waals surface area (Å²) in [6.07, 6.45) is 1.71. The standard InChI is InChI=1S/C7H8N4S/c8-7-10-5(4-11(7)9)6-2-1-3-12-6/h1-4H,9H2,(H2,8,10). The second kappa shape index (κ2) is 2.53. The summed E-state index contributed by atoms with van der Waals surface area (Å²) < 4.78 is 1.31. The minimum absolute atomic E-state index is 0.332. The first-order valence-electron chi connectivity index (χ1n) is 3.41. The summed E-state index contributed by atoms with van der Waals surface area (Å²) in [4.78, 5) is 5.15. The molecule has 0 amide bonds. The lowest BCUT2D eigenvalue weighted by atomic mass is 10.4. The van der Waals surface area contributed by atoms with Gasteiger partial charge in [0.1, 0.15) is 5.69 Å². The molecule has 0 spiro atoms. The molecule has 4 nitrogen and oxygen atoms in total. The Morgan fingerprint density at radius 3 is 2.83 bits per heavy atom. The molecule has 0 saturated heterocycles.